The Hall–Kier alpha value is -2.56. The SMILES string of the molecule is CCN1CN(c2c(C#N)c(=O)n(C)c(=O)n2C)CC1=O. The van der Waals surface area contributed by atoms with Gasteiger partial charge in [0.1, 0.15) is 18.4 Å². The van der Waals surface area contributed by atoms with Crippen LogP contribution >= 0.6 is 0 Å². The first-order valence-corrected chi connectivity index (χ1v) is 6.15. The van der Waals surface area contributed by atoms with Crippen molar-refractivity contribution in [3.05, 3.63) is 26.4 Å². The van der Waals surface area contributed by atoms with Crippen molar-refractivity contribution in [3.63, 3.8) is 0 Å². The van der Waals surface area contributed by atoms with Gasteiger partial charge in [0, 0.05) is 20.6 Å². The number of likely N-dealkylation sites (N-methyl/N-ethyl adjacent to an activating group) is 1. The lowest BCUT2D eigenvalue weighted by atomic mass is 10.3. The molecule has 2 heterocycles. The minimum atomic E-state index is -0.645. The van der Waals surface area contributed by atoms with E-state index in [-0.39, 0.29) is 30.5 Å². The molecule has 20 heavy (non-hydrogen) atoms. The molecule has 1 aliphatic heterocycles. The summed E-state index contributed by atoms with van der Waals surface area (Å²) in [4.78, 5) is 38.9. The van der Waals surface area contributed by atoms with E-state index in [2.05, 4.69) is 0 Å². The lowest BCUT2D eigenvalue weighted by molar-refractivity contribution is -0.126. The van der Waals surface area contributed by atoms with E-state index in [1.807, 2.05) is 13.0 Å². The average molecular weight is 277 g/mol. The van der Waals surface area contributed by atoms with Gasteiger partial charge >= 0.3 is 5.69 Å². The predicted octanol–water partition coefficient (Wildman–Crippen LogP) is -1.42. The molecule has 0 N–H and O–H groups in total. The van der Waals surface area contributed by atoms with E-state index >= 15 is 0 Å². The smallest absolute Gasteiger partial charge is 0.329 e. The zero-order valence-corrected chi connectivity index (χ0v) is 11.6. The van der Waals surface area contributed by atoms with E-state index in [1.165, 1.54) is 18.7 Å². The van der Waals surface area contributed by atoms with Gasteiger partial charge in [-0.15, -0.1) is 0 Å². The Morgan fingerprint density at radius 2 is 1.85 bits per heavy atom. The van der Waals surface area contributed by atoms with Crippen LogP contribution in [0.3, 0.4) is 0 Å². The third kappa shape index (κ3) is 1.87. The molecule has 0 saturated carbocycles. The van der Waals surface area contributed by atoms with Crippen molar-refractivity contribution in [3.8, 4) is 6.07 Å². The molecular formula is C12H15N5O3. The molecule has 1 aromatic rings. The molecule has 1 fully saturated rings. The number of hydrogen-bond donors (Lipinski definition) is 0. The van der Waals surface area contributed by atoms with Gasteiger partial charge in [0.25, 0.3) is 5.56 Å². The van der Waals surface area contributed by atoms with Crippen LogP contribution in [-0.2, 0) is 18.9 Å². The van der Waals surface area contributed by atoms with Crippen LogP contribution in [0.25, 0.3) is 0 Å². The lowest BCUT2D eigenvalue weighted by Gasteiger charge is -2.22. The Bertz CT molecular complexity index is 724. The highest BCUT2D eigenvalue weighted by Gasteiger charge is 2.30. The van der Waals surface area contributed by atoms with Gasteiger partial charge in [0.2, 0.25) is 5.91 Å². The first kappa shape index (κ1) is 13.9. The van der Waals surface area contributed by atoms with E-state index in [0.717, 1.165) is 4.57 Å². The van der Waals surface area contributed by atoms with E-state index in [0.29, 0.717) is 6.54 Å². The highest BCUT2D eigenvalue weighted by Crippen LogP contribution is 2.19. The van der Waals surface area contributed by atoms with E-state index < -0.39 is 11.2 Å². The molecule has 106 valence electrons. The van der Waals surface area contributed by atoms with Crippen molar-refractivity contribution in [1.29, 1.82) is 5.26 Å². The normalized spacial score (nSPS) is 14.8. The fourth-order valence-corrected chi connectivity index (χ4v) is 2.32. The maximum Gasteiger partial charge on any atom is 0.332 e. The Balaban J connectivity index is 2.65. The summed E-state index contributed by atoms with van der Waals surface area (Å²) in [7, 11) is 2.81. The third-order valence-corrected chi connectivity index (χ3v) is 3.45. The first-order valence-electron chi connectivity index (χ1n) is 6.15. The maximum absolute atomic E-state index is 12.0. The number of hydrogen-bond acceptors (Lipinski definition) is 5. The average Bonchev–Trinajstić information content (AvgIpc) is 2.80. The Morgan fingerprint density at radius 3 is 2.35 bits per heavy atom. The van der Waals surface area contributed by atoms with Crippen molar-refractivity contribution < 1.29 is 4.79 Å². The number of amides is 1. The largest absolute Gasteiger partial charge is 0.332 e. The molecule has 8 heteroatoms. The first-order chi connectivity index (χ1) is 9.42. The topological polar surface area (TPSA) is 91.3 Å². The fourth-order valence-electron chi connectivity index (χ4n) is 2.32. The third-order valence-electron chi connectivity index (χ3n) is 3.45. The molecular weight excluding hydrogens is 262 g/mol. The second-order valence-corrected chi connectivity index (χ2v) is 4.61. The highest BCUT2D eigenvalue weighted by atomic mass is 16.2. The zero-order chi connectivity index (χ0) is 15.0. The fraction of sp³-hybridized carbons (Fsp3) is 0.500. The highest BCUT2D eigenvalue weighted by molar-refractivity contribution is 5.85. The van der Waals surface area contributed by atoms with Crippen LogP contribution in [0.4, 0.5) is 5.82 Å². The predicted molar refractivity (Wildman–Crippen MR) is 71.2 cm³/mol. The molecule has 0 aromatic carbocycles. The number of nitrogens with zero attached hydrogens (tertiary/aromatic N) is 5. The summed E-state index contributed by atoms with van der Waals surface area (Å²) in [5.41, 5.74) is -1.29. The van der Waals surface area contributed by atoms with Crippen molar-refractivity contribution in [2.24, 2.45) is 14.1 Å². The summed E-state index contributed by atoms with van der Waals surface area (Å²) < 4.78 is 2.12. The van der Waals surface area contributed by atoms with Gasteiger partial charge in [0.05, 0.1) is 6.67 Å². The summed E-state index contributed by atoms with van der Waals surface area (Å²) >= 11 is 0. The molecule has 1 aliphatic rings. The van der Waals surface area contributed by atoms with Crippen molar-refractivity contribution >= 4 is 11.7 Å². The Morgan fingerprint density at radius 1 is 1.20 bits per heavy atom. The van der Waals surface area contributed by atoms with Gasteiger partial charge in [-0.25, -0.2) is 4.79 Å². The minimum Gasteiger partial charge on any atom is -0.329 e. The minimum absolute atomic E-state index is 0.0585. The zero-order valence-electron chi connectivity index (χ0n) is 11.6. The van der Waals surface area contributed by atoms with E-state index in [1.54, 1.807) is 9.80 Å². The van der Waals surface area contributed by atoms with Crippen LogP contribution in [0.1, 0.15) is 12.5 Å². The number of aromatic nitrogens is 2. The molecule has 1 amide bonds. The van der Waals surface area contributed by atoms with Gasteiger partial charge in [0.15, 0.2) is 5.56 Å². The molecule has 0 atom stereocenters. The Labute approximate surface area is 115 Å². The number of anilines is 1. The van der Waals surface area contributed by atoms with Crippen molar-refractivity contribution in [2.45, 2.75) is 6.92 Å². The summed E-state index contributed by atoms with van der Waals surface area (Å²) in [5.74, 6) is 0.106. The van der Waals surface area contributed by atoms with E-state index in [4.69, 9.17) is 0 Å². The molecule has 0 bridgehead atoms. The van der Waals surface area contributed by atoms with Crippen molar-refractivity contribution in [2.75, 3.05) is 24.7 Å². The maximum atomic E-state index is 12.0. The standard InChI is InChI=1S/C12H15N5O3/c1-4-16-7-17(6-9(16)18)10-8(5-13)11(19)15(3)12(20)14(10)2/h4,6-7H2,1-3H3. The van der Waals surface area contributed by atoms with Gasteiger partial charge in [-0.2, -0.15) is 5.26 Å². The van der Waals surface area contributed by atoms with Crippen LogP contribution in [0.2, 0.25) is 0 Å². The number of rotatable bonds is 2. The van der Waals surface area contributed by atoms with Crippen LogP contribution in [0, 0.1) is 11.3 Å². The molecule has 0 spiro atoms. The monoisotopic (exact) mass is 277 g/mol. The van der Waals surface area contributed by atoms with Crippen LogP contribution < -0.4 is 16.1 Å². The second-order valence-electron chi connectivity index (χ2n) is 4.61. The molecule has 1 aromatic heterocycles. The number of carbonyl (C=O) groups is 1. The van der Waals surface area contributed by atoms with Crippen LogP contribution in [0.5, 0.6) is 0 Å². The Kier molecular flexibility index (Phi) is 3.36. The molecule has 0 radical (unpaired) electrons. The molecule has 8 nitrogen and oxygen atoms in total. The summed E-state index contributed by atoms with van der Waals surface area (Å²) in [6.45, 7) is 2.71. The number of nitriles is 1. The molecule has 2 rings (SSSR count). The lowest BCUT2D eigenvalue weighted by Crippen LogP contribution is -2.42. The van der Waals surface area contributed by atoms with Crippen molar-refractivity contribution in [1.82, 2.24) is 14.0 Å². The summed E-state index contributed by atoms with van der Waals surface area (Å²) in [6.07, 6.45) is 0. The van der Waals surface area contributed by atoms with Gasteiger partial charge in [-0.3, -0.25) is 18.7 Å². The molecule has 1 saturated heterocycles. The molecule has 0 unspecified atom stereocenters. The summed E-state index contributed by atoms with van der Waals surface area (Å²) in [5, 5.41) is 9.18. The quantitative estimate of drug-likeness (QED) is 0.661. The van der Waals surface area contributed by atoms with E-state index in [9.17, 15) is 19.6 Å². The van der Waals surface area contributed by atoms with Crippen LogP contribution in [0.15, 0.2) is 9.59 Å². The number of carbonyl (C=O) groups excluding carboxylic acids is 1. The molecule has 0 aliphatic carbocycles. The van der Waals surface area contributed by atoms with Crippen LogP contribution in [-0.4, -0.2) is 39.7 Å². The summed E-state index contributed by atoms with van der Waals surface area (Å²) in [6, 6.07) is 1.83. The van der Waals surface area contributed by atoms with Gasteiger partial charge in [-0.1, -0.05) is 0 Å². The van der Waals surface area contributed by atoms with Gasteiger partial charge in [-0.05, 0) is 6.92 Å². The van der Waals surface area contributed by atoms with Gasteiger partial charge < -0.3 is 9.80 Å². The second kappa shape index (κ2) is 4.85.